The first-order chi connectivity index (χ1) is 17.2. The SMILES string of the molecule is CC1=C(C2=CCC#CC2)C(c2ccc(OCCN3CC(CF)C3)cc2)Oc2ccc(C3=C[CH]3)cc21. The molecule has 2 aromatic carbocycles. The first-order valence-electron chi connectivity index (χ1n) is 12.4. The lowest BCUT2D eigenvalue weighted by molar-refractivity contribution is 0.0668. The molecule has 1 atom stereocenters. The van der Waals surface area contributed by atoms with Gasteiger partial charge in [0.2, 0.25) is 0 Å². The monoisotopic (exact) mass is 466 g/mol. The molecule has 177 valence electrons. The van der Waals surface area contributed by atoms with E-state index in [4.69, 9.17) is 9.47 Å². The highest BCUT2D eigenvalue weighted by Gasteiger charge is 2.31. The Balaban J connectivity index is 1.23. The average molecular weight is 467 g/mol. The van der Waals surface area contributed by atoms with E-state index in [2.05, 4.69) is 72.6 Å². The average Bonchev–Trinajstić information content (AvgIpc) is 3.72. The van der Waals surface area contributed by atoms with E-state index in [-0.39, 0.29) is 18.7 Å². The molecular formula is C31H29FNO2. The lowest BCUT2D eigenvalue weighted by atomic mass is 9.83. The van der Waals surface area contributed by atoms with Crippen molar-refractivity contribution in [1.82, 2.24) is 4.90 Å². The van der Waals surface area contributed by atoms with Gasteiger partial charge < -0.3 is 9.47 Å². The van der Waals surface area contributed by atoms with Crippen LogP contribution in [0, 0.1) is 24.2 Å². The molecule has 4 aliphatic rings. The van der Waals surface area contributed by atoms with Crippen LogP contribution in [0.2, 0.25) is 0 Å². The van der Waals surface area contributed by atoms with E-state index in [1.807, 2.05) is 12.1 Å². The minimum absolute atomic E-state index is 0.182. The zero-order valence-electron chi connectivity index (χ0n) is 20.0. The van der Waals surface area contributed by atoms with Crippen molar-refractivity contribution in [2.75, 3.05) is 32.9 Å². The number of rotatable bonds is 8. The lowest BCUT2D eigenvalue weighted by Gasteiger charge is -2.37. The second kappa shape index (κ2) is 9.40. The van der Waals surface area contributed by atoms with E-state index in [1.54, 1.807) is 0 Å². The molecule has 3 nitrogen and oxygen atoms in total. The van der Waals surface area contributed by atoms with Gasteiger partial charge in [0.1, 0.15) is 24.2 Å². The van der Waals surface area contributed by atoms with Gasteiger partial charge in [-0.15, -0.1) is 0 Å². The number of hydrogen-bond acceptors (Lipinski definition) is 3. The number of likely N-dealkylation sites (tertiary alicyclic amines) is 1. The molecule has 4 heteroatoms. The summed E-state index contributed by atoms with van der Waals surface area (Å²) in [5.74, 6) is 8.44. The maximum atomic E-state index is 12.6. The molecule has 2 aliphatic heterocycles. The Bertz CT molecular complexity index is 1290. The Hall–Kier alpha value is -3.29. The van der Waals surface area contributed by atoms with Crippen molar-refractivity contribution >= 4 is 11.1 Å². The molecule has 1 unspecified atom stereocenters. The maximum absolute atomic E-state index is 12.6. The molecule has 0 spiro atoms. The Morgan fingerprint density at radius 1 is 1.11 bits per heavy atom. The van der Waals surface area contributed by atoms with Gasteiger partial charge in [0, 0.05) is 56.0 Å². The predicted molar refractivity (Wildman–Crippen MR) is 138 cm³/mol. The summed E-state index contributed by atoms with van der Waals surface area (Å²) in [7, 11) is 0. The number of fused-ring (bicyclic) bond motifs is 1. The van der Waals surface area contributed by atoms with Crippen molar-refractivity contribution in [2.45, 2.75) is 25.9 Å². The summed E-state index contributed by atoms with van der Waals surface area (Å²) in [6, 6.07) is 14.7. The van der Waals surface area contributed by atoms with Gasteiger partial charge in [0.25, 0.3) is 0 Å². The van der Waals surface area contributed by atoms with Crippen LogP contribution in [0.25, 0.3) is 11.1 Å². The highest BCUT2D eigenvalue weighted by Crippen LogP contribution is 2.47. The minimum atomic E-state index is -0.218. The summed E-state index contributed by atoms with van der Waals surface area (Å²) in [5, 5.41) is 0. The summed E-state index contributed by atoms with van der Waals surface area (Å²) < 4.78 is 25.2. The third kappa shape index (κ3) is 4.54. The quantitative estimate of drug-likeness (QED) is 0.433. The van der Waals surface area contributed by atoms with Crippen LogP contribution in [0.3, 0.4) is 0 Å². The Morgan fingerprint density at radius 3 is 2.66 bits per heavy atom. The molecule has 0 saturated carbocycles. The topological polar surface area (TPSA) is 21.7 Å². The number of hydrogen-bond donors (Lipinski definition) is 0. The Kier molecular flexibility index (Phi) is 5.96. The van der Waals surface area contributed by atoms with Crippen LogP contribution < -0.4 is 9.47 Å². The minimum Gasteiger partial charge on any atom is -0.492 e. The fourth-order valence-electron chi connectivity index (χ4n) is 5.18. The first kappa shape index (κ1) is 22.2. The van der Waals surface area contributed by atoms with Crippen molar-refractivity contribution < 1.29 is 13.9 Å². The first-order valence-corrected chi connectivity index (χ1v) is 12.4. The molecule has 0 aromatic heterocycles. The smallest absolute Gasteiger partial charge is 0.149 e. The summed E-state index contributed by atoms with van der Waals surface area (Å²) in [6.07, 6.45) is 7.88. The van der Waals surface area contributed by atoms with Gasteiger partial charge in [-0.2, -0.15) is 0 Å². The third-order valence-corrected chi connectivity index (χ3v) is 7.27. The zero-order chi connectivity index (χ0) is 23.8. The van der Waals surface area contributed by atoms with Gasteiger partial charge in [0.05, 0.1) is 6.67 Å². The van der Waals surface area contributed by atoms with Crippen LogP contribution in [0.4, 0.5) is 4.39 Å². The standard InChI is InChI=1S/C31H29FNO2/c1-21-28-17-26(23-7-8-23)11-14-29(28)35-31(30(21)24-5-3-2-4-6-24)25-9-12-27(13-10-25)34-16-15-33-19-22(18-32)20-33/h5,7-14,17,22,31H,3,6,15-16,18-20H2,1H3. The molecule has 2 aliphatic carbocycles. The van der Waals surface area contributed by atoms with E-state index in [1.165, 1.54) is 27.9 Å². The number of allylic oxidation sites excluding steroid dienone is 4. The fourth-order valence-corrected chi connectivity index (χ4v) is 5.18. The van der Waals surface area contributed by atoms with Crippen molar-refractivity contribution in [3.05, 3.63) is 88.9 Å². The second-order valence-electron chi connectivity index (χ2n) is 9.70. The Labute approximate surface area is 206 Å². The number of alkyl halides is 1. The van der Waals surface area contributed by atoms with Gasteiger partial charge in [-0.25, -0.2) is 0 Å². The molecule has 1 radical (unpaired) electrons. The van der Waals surface area contributed by atoms with Crippen molar-refractivity contribution in [1.29, 1.82) is 0 Å². The molecule has 2 heterocycles. The molecule has 35 heavy (non-hydrogen) atoms. The van der Waals surface area contributed by atoms with Gasteiger partial charge in [-0.05, 0) is 59.0 Å². The normalized spacial score (nSPS) is 21.1. The number of ether oxygens (including phenoxy) is 2. The van der Waals surface area contributed by atoms with Crippen LogP contribution in [-0.2, 0) is 0 Å². The van der Waals surface area contributed by atoms with Crippen molar-refractivity contribution in [3.63, 3.8) is 0 Å². The van der Waals surface area contributed by atoms with Crippen LogP contribution in [-0.4, -0.2) is 37.8 Å². The summed E-state index contributed by atoms with van der Waals surface area (Å²) in [6.45, 7) is 5.11. The van der Waals surface area contributed by atoms with Crippen LogP contribution in [0.1, 0.15) is 42.6 Å². The van der Waals surface area contributed by atoms with Crippen molar-refractivity contribution in [3.8, 4) is 23.3 Å². The zero-order valence-corrected chi connectivity index (χ0v) is 20.0. The summed E-state index contributed by atoms with van der Waals surface area (Å²) >= 11 is 0. The molecule has 0 bridgehead atoms. The summed E-state index contributed by atoms with van der Waals surface area (Å²) in [5.41, 5.74) is 8.55. The second-order valence-corrected chi connectivity index (χ2v) is 9.70. The highest BCUT2D eigenvalue weighted by atomic mass is 19.1. The predicted octanol–water partition coefficient (Wildman–Crippen LogP) is 6.20. The molecule has 0 N–H and O–H groups in total. The number of benzene rings is 2. The van der Waals surface area contributed by atoms with E-state index in [0.29, 0.717) is 6.61 Å². The van der Waals surface area contributed by atoms with E-state index in [9.17, 15) is 4.39 Å². The van der Waals surface area contributed by atoms with E-state index >= 15 is 0 Å². The van der Waals surface area contributed by atoms with Crippen LogP contribution in [0.5, 0.6) is 11.5 Å². The van der Waals surface area contributed by atoms with Gasteiger partial charge in [-0.1, -0.05) is 42.2 Å². The van der Waals surface area contributed by atoms with Gasteiger partial charge >= 0.3 is 0 Å². The van der Waals surface area contributed by atoms with Crippen LogP contribution >= 0.6 is 0 Å². The van der Waals surface area contributed by atoms with E-state index < -0.39 is 0 Å². The molecule has 0 amide bonds. The van der Waals surface area contributed by atoms with Crippen molar-refractivity contribution in [2.24, 2.45) is 5.92 Å². The maximum Gasteiger partial charge on any atom is 0.149 e. The number of halogens is 1. The molecule has 2 aromatic rings. The van der Waals surface area contributed by atoms with Crippen LogP contribution in [0.15, 0.2) is 65.8 Å². The fraction of sp³-hybridized carbons (Fsp3) is 0.323. The Morgan fingerprint density at radius 2 is 1.94 bits per heavy atom. The number of nitrogens with zero attached hydrogens (tertiary/aromatic N) is 1. The van der Waals surface area contributed by atoms with Gasteiger partial charge in [0.15, 0.2) is 0 Å². The lowest BCUT2D eigenvalue weighted by Crippen LogP contribution is -2.49. The molecule has 6 rings (SSSR count). The molecule has 1 saturated heterocycles. The summed E-state index contributed by atoms with van der Waals surface area (Å²) in [4.78, 5) is 2.23. The third-order valence-electron chi connectivity index (χ3n) is 7.27. The highest BCUT2D eigenvalue weighted by molar-refractivity contribution is 5.89. The van der Waals surface area contributed by atoms with E-state index in [0.717, 1.165) is 55.1 Å². The largest absolute Gasteiger partial charge is 0.492 e. The molecular weight excluding hydrogens is 437 g/mol. The molecule has 1 fully saturated rings. The van der Waals surface area contributed by atoms with Gasteiger partial charge in [-0.3, -0.25) is 9.29 Å².